The molecule has 5 aromatic rings. The van der Waals surface area contributed by atoms with Crippen molar-refractivity contribution in [3.05, 3.63) is 95.2 Å². The highest BCUT2D eigenvalue weighted by atomic mass is 35.5. The number of carbonyl (C=O) groups excluding carboxylic acids is 1. The van der Waals surface area contributed by atoms with Crippen molar-refractivity contribution < 1.29 is 14.6 Å². The molecule has 2 aromatic heterocycles. The van der Waals surface area contributed by atoms with Crippen LogP contribution in [0.5, 0.6) is 11.5 Å². The second kappa shape index (κ2) is 9.52. The zero-order valence-electron chi connectivity index (χ0n) is 18.9. The Bertz CT molecular complexity index is 1570. The molecule has 174 valence electrons. The summed E-state index contributed by atoms with van der Waals surface area (Å²) in [6, 6.07) is 22.5. The fraction of sp³-hybridized carbons (Fsp3) is 0.0714. The number of benzene rings is 3. The summed E-state index contributed by atoms with van der Waals surface area (Å²) in [6.07, 6.45) is 3.10. The van der Waals surface area contributed by atoms with E-state index < -0.39 is 0 Å². The van der Waals surface area contributed by atoms with E-state index in [1.165, 1.54) is 19.3 Å². The van der Waals surface area contributed by atoms with Gasteiger partial charge in [-0.05, 0) is 48.0 Å². The number of fused-ring (bicyclic) bond motifs is 3. The normalized spacial score (nSPS) is 11.4. The first-order valence-electron chi connectivity index (χ1n) is 11.0. The van der Waals surface area contributed by atoms with Crippen molar-refractivity contribution in [3.63, 3.8) is 0 Å². The Labute approximate surface area is 206 Å². The van der Waals surface area contributed by atoms with Gasteiger partial charge in [0.25, 0.3) is 0 Å². The van der Waals surface area contributed by atoms with Crippen LogP contribution in [0.1, 0.15) is 11.3 Å². The van der Waals surface area contributed by atoms with Crippen molar-refractivity contribution >= 4 is 45.4 Å². The number of aromatic nitrogens is 2. The number of carbonyl (C=O) groups is 1. The molecule has 7 heteroatoms. The molecule has 0 spiro atoms. The van der Waals surface area contributed by atoms with Crippen molar-refractivity contribution in [1.29, 1.82) is 0 Å². The van der Waals surface area contributed by atoms with Crippen LogP contribution in [0.25, 0.3) is 39.1 Å². The van der Waals surface area contributed by atoms with Crippen LogP contribution >= 0.6 is 11.6 Å². The fourth-order valence-electron chi connectivity index (χ4n) is 4.01. The Kier molecular flexibility index (Phi) is 6.12. The second-order valence-corrected chi connectivity index (χ2v) is 8.48. The van der Waals surface area contributed by atoms with E-state index in [2.05, 4.69) is 16.4 Å². The molecule has 0 aliphatic rings. The number of halogens is 1. The fourth-order valence-corrected chi connectivity index (χ4v) is 4.14. The maximum absolute atomic E-state index is 12.5. The molecular formula is C28H22ClN3O3. The van der Waals surface area contributed by atoms with Crippen LogP contribution in [0.3, 0.4) is 0 Å². The van der Waals surface area contributed by atoms with E-state index in [0.29, 0.717) is 10.8 Å². The van der Waals surface area contributed by atoms with Crippen LogP contribution in [-0.2, 0) is 11.3 Å². The van der Waals surface area contributed by atoms with E-state index in [4.69, 9.17) is 21.3 Å². The standard InChI is InChI=1S/C28H22ClN3O3/c1-35-25-14-17(6-12-24(25)33)7-13-26(34)30-16-20-15-22-21-4-2-3-5-23(21)32-28(22)27(31-20)18-8-10-19(29)11-9-18/h2-15,32-33H,16H2,1H3,(H,30,34)/b13-7+. The van der Waals surface area contributed by atoms with Crippen molar-refractivity contribution in [1.82, 2.24) is 15.3 Å². The number of hydrogen-bond donors (Lipinski definition) is 3. The van der Waals surface area contributed by atoms with Gasteiger partial charge in [-0.1, -0.05) is 48.0 Å². The second-order valence-electron chi connectivity index (χ2n) is 8.04. The summed E-state index contributed by atoms with van der Waals surface area (Å²) in [4.78, 5) is 20.8. The van der Waals surface area contributed by atoms with Gasteiger partial charge in [0.2, 0.25) is 5.91 Å². The minimum Gasteiger partial charge on any atom is -0.504 e. The number of ether oxygens (including phenoxy) is 1. The van der Waals surface area contributed by atoms with E-state index >= 15 is 0 Å². The van der Waals surface area contributed by atoms with Crippen molar-refractivity contribution in [2.24, 2.45) is 0 Å². The van der Waals surface area contributed by atoms with Gasteiger partial charge in [-0.15, -0.1) is 0 Å². The lowest BCUT2D eigenvalue weighted by atomic mass is 10.1. The first-order valence-corrected chi connectivity index (χ1v) is 11.4. The molecule has 0 radical (unpaired) electrons. The lowest BCUT2D eigenvalue weighted by Crippen LogP contribution is -2.21. The van der Waals surface area contributed by atoms with Crippen molar-refractivity contribution in [2.75, 3.05) is 7.11 Å². The Morgan fingerprint density at radius 3 is 2.69 bits per heavy atom. The molecule has 5 rings (SSSR count). The maximum atomic E-state index is 12.5. The van der Waals surface area contributed by atoms with Crippen LogP contribution in [0.2, 0.25) is 5.02 Å². The molecule has 0 saturated carbocycles. The average molecular weight is 484 g/mol. The van der Waals surface area contributed by atoms with Gasteiger partial charge < -0.3 is 20.1 Å². The first kappa shape index (κ1) is 22.5. The van der Waals surface area contributed by atoms with Crippen molar-refractivity contribution in [2.45, 2.75) is 6.54 Å². The molecule has 6 nitrogen and oxygen atoms in total. The smallest absolute Gasteiger partial charge is 0.244 e. The number of pyridine rings is 1. The van der Waals surface area contributed by atoms with Crippen LogP contribution in [-0.4, -0.2) is 28.1 Å². The summed E-state index contributed by atoms with van der Waals surface area (Å²) in [5.74, 6) is 0.133. The number of nitrogens with zero attached hydrogens (tertiary/aromatic N) is 1. The zero-order valence-corrected chi connectivity index (χ0v) is 19.6. The molecule has 0 bridgehead atoms. The molecule has 0 unspecified atom stereocenters. The predicted molar refractivity (Wildman–Crippen MR) is 140 cm³/mol. The molecule has 0 aliphatic heterocycles. The van der Waals surface area contributed by atoms with Gasteiger partial charge >= 0.3 is 0 Å². The monoisotopic (exact) mass is 483 g/mol. The summed E-state index contributed by atoms with van der Waals surface area (Å²) in [5.41, 5.74) is 5.16. The van der Waals surface area contributed by atoms with E-state index in [9.17, 15) is 9.90 Å². The van der Waals surface area contributed by atoms with Gasteiger partial charge in [0.1, 0.15) is 0 Å². The highest BCUT2D eigenvalue weighted by Gasteiger charge is 2.14. The van der Waals surface area contributed by atoms with Gasteiger partial charge in [-0.25, -0.2) is 4.98 Å². The van der Waals surface area contributed by atoms with Crippen LogP contribution in [0.4, 0.5) is 0 Å². The number of para-hydroxylation sites is 1. The Morgan fingerprint density at radius 1 is 1.09 bits per heavy atom. The van der Waals surface area contributed by atoms with Gasteiger partial charge in [0, 0.05) is 33.0 Å². The SMILES string of the molecule is COc1cc(/C=C/C(=O)NCc2cc3c([nH]c4ccccc43)c(-c3ccc(Cl)cc3)n2)ccc1O. The number of hydrogen-bond acceptors (Lipinski definition) is 4. The molecule has 0 aliphatic carbocycles. The molecule has 2 heterocycles. The molecule has 1 amide bonds. The number of phenolic OH excluding ortho intramolecular Hbond substituents is 1. The minimum absolute atomic E-state index is 0.0457. The summed E-state index contributed by atoms with van der Waals surface area (Å²) in [7, 11) is 1.48. The number of nitrogens with one attached hydrogen (secondary N) is 2. The van der Waals surface area contributed by atoms with E-state index in [1.807, 2.05) is 48.5 Å². The van der Waals surface area contributed by atoms with Crippen LogP contribution in [0, 0.1) is 0 Å². The number of rotatable bonds is 6. The first-order chi connectivity index (χ1) is 17.0. The Morgan fingerprint density at radius 2 is 1.89 bits per heavy atom. The molecule has 0 fully saturated rings. The quantitative estimate of drug-likeness (QED) is 0.255. The van der Waals surface area contributed by atoms with Crippen LogP contribution in [0.15, 0.2) is 78.9 Å². The number of aromatic hydroxyl groups is 1. The number of aromatic amines is 1. The number of H-pyrrole nitrogens is 1. The highest BCUT2D eigenvalue weighted by Crippen LogP contribution is 2.33. The molecule has 35 heavy (non-hydrogen) atoms. The molecule has 0 saturated heterocycles. The third-order valence-electron chi connectivity index (χ3n) is 5.74. The average Bonchev–Trinajstić information content (AvgIpc) is 3.25. The summed E-state index contributed by atoms with van der Waals surface area (Å²) < 4.78 is 5.11. The summed E-state index contributed by atoms with van der Waals surface area (Å²) in [6.45, 7) is 0.262. The topological polar surface area (TPSA) is 87.2 Å². The lowest BCUT2D eigenvalue weighted by Gasteiger charge is -2.08. The third-order valence-corrected chi connectivity index (χ3v) is 5.99. The molecule has 3 N–H and O–H groups in total. The highest BCUT2D eigenvalue weighted by molar-refractivity contribution is 6.30. The van der Waals surface area contributed by atoms with E-state index in [-0.39, 0.29) is 18.2 Å². The molecule has 3 aromatic carbocycles. The number of amides is 1. The van der Waals surface area contributed by atoms with Crippen LogP contribution < -0.4 is 10.1 Å². The van der Waals surface area contributed by atoms with Gasteiger partial charge in [0.05, 0.1) is 30.6 Å². The van der Waals surface area contributed by atoms with Gasteiger partial charge in [-0.3, -0.25) is 4.79 Å². The zero-order chi connectivity index (χ0) is 24.4. The predicted octanol–water partition coefficient (Wildman–Crippen LogP) is 6.08. The molecule has 0 atom stereocenters. The number of phenols is 1. The minimum atomic E-state index is -0.258. The van der Waals surface area contributed by atoms with Gasteiger partial charge in [-0.2, -0.15) is 0 Å². The van der Waals surface area contributed by atoms with Gasteiger partial charge in [0.15, 0.2) is 11.5 Å². The maximum Gasteiger partial charge on any atom is 0.244 e. The van der Waals surface area contributed by atoms with E-state index in [0.717, 1.165) is 44.3 Å². The third kappa shape index (κ3) is 4.69. The molecular weight excluding hydrogens is 462 g/mol. The largest absolute Gasteiger partial charge is 0.504 e. The lowest BCUT2D eigenvalue weighted by molar-refractivity contribution is -0.116. The summed E-state index contributed by atoms with van der Waals surface area (Å²) in [5, 5.41) is 15.4. The van der Waals surface area contributed by atoms with E-state index in [1.54, 1.807) is 18.2 Å². The van der Waals surface area contributed by atoms with Crippen molar-refractivity contribution in [3.8, 4) is 22.8 Å². The number of methoxy groups -OCH3 is 1. The Hall–Kier alpha value is -4.29. The summed E-state index contributed by atoms with van der Waals surface area (Å²) >= 11 is 6.09. The Balaban J connectivity index is 1.43.